The van der Waals surface area contributed by atoms with Gasteiger partial charge in [0.1, 0.15) is 18.9 Å². The summed E-state index contributed by atoms with van der Waals surface area (Å²) >= 11 is 0. The number of primary sulfonamides is 1. The lowest BCUT2D eigenvalue weighted by Gasteiger charge is -2.32. The van der Waals surface area contributed by atoms with Gasteiger partial charge in [0.25, 0.3) is 0 Å². The molecule has 1 aliphatic rings. The van der Waals surface area contributed by atoms with Crippen LogP contribution >= 0.6 is 0 Å². The van der Waals surface area contributed by atoms with Crippen molar-refractivity contribution in [1.82, 2.24) is 9.47 Å². The van der Waals surface area contributed by atoms with E-state index < -0.39 is 29.4 Å². The first kappa shape index (κ1) is 30.0. The minimum absolute atomic E-state index is 0.00340. The Morgan fingerprint density at radius 1 is 1.17 bits per heavy atom. The van der Waals surface area contributed by atoms with Crippen LogP contribution in [-0.4, -0.2) is 74.5 Å². The van der Waals surface area contributed by atoms with Crippen LogP contribution in [0.5, 0.6) is 5.75 Å². The van der Waals surface area contributed by atoms with E-state index in [0.29, 0.717) is 48.2 Å². The van der Waals surface area contributed by atoms with E-state index in [2.05, 4.69) is 22.5 Å². The standard InChI is InChI=1S/C27H30F3N5O5S/c1-40-25-15-20(41(31,38)39)7-8-23(25)32-11-3-4-19-14-21-22(5-2-6-24(21)35(19)17-27(28,29)30)33-18-9-12-34(13-10-18)26(37)16-36/h2,5-8,14-15,18,32-33,36H,9-13,16-17H2,1H3,(H2,31,38,39). The molecule has 0 bridgehead atoms. The van der Waals surface area contributed by atoms with E-state index in [1.165, 1.54) is 25.3 Å². The van der Waals surface area contributed by atoms with Crippen LogP contribution in [-0.2, 0) is 21.4 Å². The Kier molecular flexibility index (Phi) is 9.01. The zero-order valence-electron chi connectivity index (χ0n) is 22.2. The molecule has 0 radical (unpaired) electrons. The molecule has 2 aromatic carbocycles. The first-order valence-corrected chi connectivity index (χ1v) is 14.2. The van der Waals surface area contributed by atoms with Gasteiger partial charge in [0.15, 0.2) is 0 Å². The van der Waals surface area contributed by atoms with Gasteiger partial charge >= 0.3 is 6.18 Å². The average Bonchev–Trinajstić information content (AvgIpc) is 3.27. The van der Waals surface area contributed by atoms with E-state index >= 15 is 0 Å². The molecule has 0 unspecified atom stereocenters. The Morgan fingerprint density at radius 3 is 2.54 bits per heavy atom. The second-order valence-corrected chi connectivity index (χ2v) is 11.1. The number of carbonyl (C=O) groups excluding carboxylic acids is 1. The van der Waals surface area contributed by atoms with Gasteiger partial charge in [-0.3, -0.25) is 4.79 Å². The topological polar surface area (TPSA) is 139 Å². The fourth-order valence-electron chi connectivity index (χ4n) is 4.73. The number of hydrogen-bond donors (Lipinski definition) is 4. The third kappa shape index (κ3) is 7.43. The number of carbonyl (C=O) groups is 1. The Morgan fingerprint density at radius 2 is 1.90 bits per heavy atom. The maximum atomic E-state index is 13.5. The highest BCUT2D eigenvalue weighted by molar-refractivity contribution is 7.89. The van der Waals surface area contributed by atoms with Crippen molar-refractivity contribution in [2.45, 2.75) is 36.5 Å². The van der Waals surface area contributed by atoms with Crippen molar-refractivity contribution in [1.29, 1.82) is 0 Å². The highest BCUT2D eigenvalue weighted by Crippen LogP contribution is 2.31. The van der Waals surface area contributed by atoms with Gasteiger partial charge in [-0.2, -0.15) is 13.2 Å². The molecule has 1 aliphatic heterocycles. The lowest BCUT2D eigenvalue weighted by Crippen LogP contribution is -2.43. The van der Waals surface area contributed by atoms with Crippen molar-refractivity contribution in [3.8, 4) is 17.6 Å². The van der Waals surface area contributed by atoms with Crippen LogP contribution in [0.1, 0.15) is 18.5 Å². The van der Waals surface area contributed by atoms with Crippen molar-refractivity contribution >= 4 is 38.2 Å². The number of ether oxygens (including phenoxy) is 1. The predicted molar refractivity (Wildman–Crippen MR) is 148 cm³/mol. The number of hydrogen-bond acceptors (Lipinski definition) is 7. The molecule has 41 heavy (non-hydrogen) atoms. The van der Waals surface area contributed by atoms with E-state index in [1.807, 2.05) is 0 Å². The number of nitrogens with zero attached hydrogens (tertiary/aromatic N) is 2. The summed E-state index contributed by atoms with van der Waals surface area (Å²) in [5.41, 5.74) is 1.64. The number of alkyl halides is 3. The molecule has 10 nitrogen and oxygen atoms in total. The van der Waals surface area contributed by atoms with Gasteiger partial charge in [0.2, 0.25) is 15.9 Å². The fourth-order valence-corrected chi connectivity index (χ4v) is 5.25. The monoisotopic (exact) mass is 593 g/mol. The van der Waals surface area contributed by atoms with Crippen molar-refractivity contribution < 1.29 is 36.2 Å². The number of nitrogens with one attached hydrogen (secondary N) is 2. The molecular formula is C27H30F3N5O5S. The molecule has 0 spiro atoms. The van der Waals surface area contributed by atoms with Crippen LogP contribution in [0.15, 0.2) is 47.4 Å². The Bertz CT molecular complexity index is 1590. The molecule has 220 valence electrons. The molecule has 1 amide bonds. The van der Waals surface area contributed by atoms with Crippen LogP contribution in [0.4, 0.5) is 24.5 Å². The number of fused-ring (bicyclic) bond motifs is 1. The molecule has 0 atom stereocenters. The Balaban J connectivity index is 1.56. The molecule has 14 heteroatoms. The van der Waals surface area contributed by atoms with Crippen LogP contribution < -0.4 is 20.5 Å². The molecule has 1 fully saturated rings. The van der Waals surface area contributed by atoms with E-state index in [-0.39, 0.29) is 34.8 Å². The summed E-state index contributed by atoms with van der Waals surface area (Å²) in [5.74, 6) is 5.54. The van der Waals surface area contributed by atoms with Gasteiger partial charge in [0.05, 0.1) is 35.4 Å². The highest BCUT2D eigenvalue weighted by atomic mass is 32.2. The van der Waals surface area contributed by atoms with Gasteiger partial charge in [-0.1, -0.05) is 12.0 Å². The van der Waals surface area contributed by atoms with E-state index in [9.17, 15) is 26.4 Å². The number of benzene rings is 2. The molecule has 4 rings (SSSR count). The summed E-state index contributed by atoms with van der Waals surface area (Å²) in [5, 5.41) is 21.2. The molecular weight excluding hydrogens is 563 g/mol. The normalized spacial score (nSPS) is 14.4. The number of likely N-dealkylation sites (tertiary alicyclic amines) is 1. The molecule has 1 aromatic heterocycles. The smallest absolute Gasteiger partial charge is 0.406 e. The molecule has 0 aliphatic carbocycles. The number of aromatic nitrogens is 1. The van der Waals surface area contributed by atoms with Crippen molar-refractivity contribution in [2.24, 2.45) is 5.14 Å². The second-order valence-electron chi connectivity index (χ2n) is 9.49. The second kappa shape index (κ2) is 12.3. The summed E-state index contributed by atoms with van der Waals surface area (Å²) in [6.07, 6.45) is -3.22. The van der Waals surface area contributed by atoms with Gasteiger partial charge in [-0.05, 0) is 49.1 Å². The van der Waals surface area contributed by atoms with E-state index in [0.717, 1.165) is 4.57 Å². The van der Waals surface area contributed by atoms with Crippen LogP contribution in [0.2, 0.25) is 0 Å². The van der Waals surface area contributed by atoms with Crippen molar-refractivity contribution in [3.63, 3.8) is 0 Å². The number of anilines is 2. The number of methoxy groups -OCH3 is 1. The summed E-state index contributed by atoms with van der Waals surface area (Å²) in [6, 6.07) is 10.7. The number of amides is 1. The van der Waals surface area contributed by atoms with Crippen molar-refractivity contribution in [3.05, 3.63) is 48.2 Å². The minimum Gasteiger partial charge on any atom is -0.495 e. The number of aliphatic hydroxyl groups excluding tert-OH is 1. The Labute approximate surface area is 235 Å². The number of halogens is 3. The first-order chi connectivity index (χ1) is 19.4. The number of nitrogens with two attached hydrogens (primary N) is 1. The summed E-state index contributed by atoms with van der Waals surface area (Å²) in [6.45, 7) is -0.776. The summed E-state index contributed by atoms with van der Waals surface area (Å²) in [4.78, 5) is 13.2. The Hall–Kier alpha value is -3.93. The zero-order valence-corrected chi connectivity index (χ0v) is 23.0. The number of aliphatic hydroxyl groups is 1. The van der Waals surface area contributed by atoms with Crippen LogP contribution in [0.3, 0.4) is 0 Å². The van der Waals surface area contributed by atoms with E-state index in [1.54, 1.807) is 29.2 Å². The molecule has 0 saturated carbocycles. The first-order valence-electron chi connectivity index (χ1n) is 12.7. The van der Waals surface area contributed by atoms with Crippen LogP contribution in [0.25, 0.3) is 10.9 Å². The van der Waals surface area contributed by atoms with Gasteiger partial charge < -0.3 is 29.9 Å². The zero-order chi connectivity index (χ0) is 29.8. The lowest BCUT2D eigenvalue weighted by atomic mass is 10.0. The van der Waals surface area contributed by atoms with E-state index in [4.69, 9.17) is 15.0 Å². The average molecular weight is 594 g/mol. The fraction of sp³-hybridized carbons (Fsp3) is 0.370. The molecule has 3 aromatic rings. The summed E-state index contributed by atoms with van der Waals surface area (Å²) in [7, 11) is -2.57. The van der Waals surface area contributed by atoms with Crippen LogP contribution in [0, 0.1) is 11.8 Å². The SMILES string of the molecule is COc1cc(S(N)(=O)=O)ccc1NCC#Cc1cc2c(NC3CCN(C(=O)CO)CC3)cccc2n1CC(F)(F)F. The van der Waals surface area contributed by atoms with Gasteiger partial charge in [-0.15, -0.1) is 0 Å². The minimum atomic E-state index is -4.48. The molecule has 2 heterocycles. The number of rotatable bonds is 8. The third-order valence-electron chi connectivity index (χ3n) is 6.71. The molecule has 5 N–H and O–H groups in total. The quantitative estimate of drug-likeness (QED) is 0.295. The lowest BCUT2D eigenvalue weighted by molar-refractivity contribution is -0.140. The van der Waals surface area contributed by atoms with Crippen molar-refractivity contribution in [2.75, 3.05) is 44.0 Å². The molecule has 1 saturated heterocycles. The largest absolute Gasteiger partial charge is 0.495 e. The number of piperidine rings is 1. The predicted octanol–water partition coefficient (Wildman–Crippen LogP) is 2.72. The highest BCUT2D eigenvalue weighted by Gasteiger charge is 2.30. The third-order valence-corrected chi connectivity index (χ3v) is 7.62. The number of sulfonamides is 1. The van der Waals surface area contributed by atoms with Gasteiger partial charge in [-0.25, -0.2) is 13.6 Å². The maximum absolute atomic E-state index is 13.5. The van der Waals surface area contributed by atoms with Gasteiger partial charge in [0, 0.05) is 36.3 Å². The maximum Gasteiger partial charge on any atom is 0.406 e. The summed E-state index contributed by atoms with van der Waals surface area (Å²) < 4.78 is 70.1.